The van der Waals surface area contributed by atoms with Crippen LogP contribution in [0.25, 0.3) is 0 Å². The number of rotatable bonds is 12. The third-order valence-corrected chi connectivity index (χ3v) is 6.95. The van der Waals surface area contributed by atoms with Crippen molar-refractivity contribution < 1.29 is 24.0 Å². The molecule has 3 aromatic rings. The summed E-state index contributed by atoms with van der Waals surface area (Å²) >= 11 is 3.12. The Morgan fingerprint density at radius 1 is 1.15 bits per heavy atom. The molecule has 1 amide bonds. The molecule has 0 aliphatic rings. The van der Waals surface area contributed by atoms with E-state index in [1.165, 1.54) is 11.3 Å². The fourth-order valence-electron chi connectivity index (χ4n) is 2.94. The first-order valence-corrected chi connectivity index (χ1v) is 12.7. The van der Waals surface area contributed by atoms with Crippen LogP contribution in [0.2, 0.25) is 0 Å². The van der Waals surface area contributed by atoms with Crippen LogP contribution in [-0.2, 0) is 33.6 Å². The van der Waals surface area contributed by atoms with Gasteiger partial charge in [0.25, 0.3) is 0 Å². The van der Waals surface area contributed by atoms with E-state index in [-0.39, 0.29) is 17.6 Å². The van der Waals surface area contributed by atoms with Gasteiger partial charge in [0.15, 0.2) is 0 Å². The number of hydroxylamine groups is 1. The summed E-state index contributed by atoms with van der Waals surface area (Å²) < 4.78 is 12.4. The first-order valence-electron chi connectivity index (χ1n) is 10.9. The molecule has 1 aromatic carbocycles. The molecule has 2 aromatic heterocycles. The minimum absolute atomic E-state index is 0.0680. The summed E-state index contributed by atoms with van der Waals surface area (Å²) in [5.41, 5.74) is 2.42. The first-order chi connectivity index (χ1) is 16.2. The highest BCUT2D eigenvalue weighted by atomic mass is 32.2. The van der Waals surface area contributed by atoms with Crippen LogP contribution >= 0.6 is 23.1 Å². The number of oxazole rings is 1. The quantitative estimate of drug-likeness (QED) is 0.158. The maximum atomic E-state index is 12.5. The predicted molar refractivity (Wildman–Crippen MR) is 130 cm³/mol. The van der Waals surface area contributed by atoms with Crippen molar-refractivity contribution in [2.45, 2.75) is 61.8 Å². The average molecular weight is 504 g/mol. The molecule has 0 spiro atoms. The summed E-state index contributed by atoms with van der Waals surface area (Å²) in [7, 11) is 0. The average Bonchev–Trinajstić information content (AvgIpc) is 3.45. The lowest BCUT2D eigenvalue weighted by Crippen LogP contribution is -2.18. The second-order valence-electron chi connectivity index (χ2n) is 8.75. The van der Waals surface area contributed by atoms with Gasteiger partial charge >= 0.3 is 0 Å². The van der Waals surface area contributed by atoms with Crippen LogP contribution in [0.15, 0.2) is 45.3 Å². The summed E-state index contributed by atoms with van der Waals surface area (Å²) in [6.07, 6.45) is 4.88. The Hall–Kier alpha value is -2.69. The van der Waals surface area contributed by atoms with Crippen LogP contribution in [0.4, 0.5) is 0 Å². The van der Waals surface area contributed by atoms with E-state index in [2.05, 4.69) is 30.7 Å². The zero-order valence-corrected chi connectivity index (χ0v) is 21.1. The number of carbonyl (C=O) groups excluding carboxylic acids is 2. The van der Waals surface area contributed by atoms with Gasteiger partial charge in [0.2, 0.25) is 11.8 Å². The molecule has 34 heavy (non-hydrogen) atoms. The van der Waals surface area contributed by atoms with Crippen LogP contribution in [0.3, 0.4) is 0 Å². The van der Waals surface area contributed by atoms with E-state index in [9.17, 15) is 9.59 Å². The van der Waals surface area contributed by atoms with Crippen LogP contribution in [-0.4, -0.2) is 33.5 Å². The third kappa shape index (κ3) is 8.27. The summed E-state index contributed by atoms with van der Waals surface area (Å²) in [6, 6.07) is 7.33. The lowest BCUT2D eigenvalue weighted by Gasteiger charge is -2.12. The highest BCUT2D eigenvalue weighted by molar-refractivity contribution is 8.00. The monoisotopic (exact) mass is 503 g/mol. The van der Waals surface area contributed by atoms with Gasteiger partial charge in [0.05, 0.1) is 35.4 Å². The molecule has 8 nitrogen and oxygen atoms in total. The van der Waals surface area contributed by atoms with Gasteiger partial charge in [-0.15, -0.1) is 23.1 Å². The lowest BCUT2D eigenvalue weighted by molar-refractivity contribution is -0.129. The minimum atomic E-state index is -0.437. The Morgan fingerprint density at radius 2 is 1.91 bits per heavy atom. The summed E-state index contributed by atoms with van der Waals surface area (Å²) in [6.45, 7) is 6.63. The molecule has 0 aliphatic carbocycles. The zero-order valence-electron chi connectivity index (χ0n) is 19.5. The number of benzene rings is 1. The Morgan fingerprint density at radius 3 is 2.59 bits per heavy atom. The number of aromatic nitrogens is 2. The van der Waals surface area contributed by atoms with Gasteiger partial charge in [0.1, 0.15) is 22.3 Å². The second-order valence-corrected chi connectivity index (χ2v) is 11.1. The van der Waals surface area contributed by atoms with Crippen LogP contribution in [0.5, 0.6) is 5.75 Å². The van der Waals surface area contributed by atoms with Crippen molar-refractivity contribution in [1.82, 2.24) is 15.4 Å². The number of Topliss-reactive ketones (excluding diaryl/α,β-unsaturated/α-hetero) is 1. The molecule has 0 saturated heterocycles. The SMILES string of the molecule is CC(C)(C)c1cnc(CSc2cnc(CC(=O)Cc3ccc(OCCCC(=O)NO)cc3)s2)o1. The lowest BCUT2D eigenvalue weighted by atomic mass is 9.94. The third-order valence-electron chi connectivity index (χ3n) is 4.78. The molecule has 0 fully saturated rings. The molecule has 0 aliphatic heterocycles. The van der Waals surface area contributed by atoms with Crippen LogP contribution < -0.4 is 10.2 Å². The Kier molecular flexibility index (Phi) is 9.26. The Labute approximate surface area is 207 Å². The number of hydrogen-bond donors (Lipinski definition) is 2. The summed E-state index contributed by atoms with van der Waals surface area (Å²) in [5, 5.41) is 9.25. The number of nitrogens with one attached hydrogen (secondary N) is 1. The number of thiazole rings is 1. The van der Waals surface area contributed by atoms with Crippen molar-refractivity contribution in [3.63, 3.8) is 0 Å². The molecule has 0 atom stereocenters. The highest BCUT2D eigenvalue weighted by Crippen LogP contribution is 2.30. The van der Waals surface area contributed by atoms with Crippen molar-refractivity contribution in [1.29, 1.82) is 0 Å². The van der Waals surface area contributed by atoms with E-state index in [0.29, 0.717) is 43.3 Å². The number of nitrogens with zero attached hydrogens (tertiary/aromatic N) is 2. The molecule has 182 valence electrons. The van der Waals surface area contributed by atoms with Crippen molar-refractivity contribution in [3.05, 3.63) is 58.9 Å². The van der Waals surface area contributed by atoms with Crippen molar-refractivity contribution in [3.8, 4) is 5.75 Å². The topological polar surface area (TPSA) is 115 Å². The molecular weight excluding hydrogens is 474 g/mol. The van der Waals surface area contributed by atoms with Gasteiger partial charge in [-0.1, -0.05) is 32.9 Å². The van der Waals surface area contributed by atoms with Gasteiger partial charge in [-0.2, -0.15) is 0 Å². The molecule has 0 saturated carbocycles. The molecule has 3 rings (SSSR count). The molecular formula is C24H29N3O5S2. The molecule has 2 N–H and O–H groups in total. The fourth-order valence-corrected chi connectivity index (χ4v) is 4.84. The zero-order chi connectivity index (χ0) is 24.6. The second kappa shape index (κ2) is 12.1. The van der Waals surface area contributed by atoms with Crippen LogP contribution in [0.1, 0.15) is 55.8 Å². The molecule has 0 radical (unpaired) electrons. The Bertz CT molecular complexity index is 1090. The van der Waals surface area contributed by atoms with Gasteiger partial charge in [0, 0.05) is 18.3 Å². The Balaban J connectivity index is 1.41. The minimum Gasteiger partial charge on any atom is -0.494 e. The summed E-state index contributed by atoms with van der Waals surface area (Å²) in [5.74, 6) is 2.50. The number of thioether (sulfide) groups is 1. The maximum absolute atomic E-state index is 12.5. The van der Waals surface area contributed by atoms with Crippen LogP contribution in [0, 0.1) is 0 Å². The highest BCUT2D eigenvalue weighted by Gasteiger charge is 2.19. The maximum Gasteiger partial charge on any atom is 0.243 e. The standard InChI is InChI=1S/C24H29N3O5S2/c1-24(2,3)19-13-25-21(32-19)15-33-23-14-26-22(34-23)12-17(28)11-16-6-8-18(9-7-16)31-10-4-5-20(29)27-30/h6-9,13-14,30H,4-5,10-12,15H2,1-3H3,(H,27,29). The number of ether oxygens (including phenoxy) is 1. The molecule has 2 heterocycles. The van der Waals surface area contributed by atoms with Crippen molar-refractivity contribution >= 4 is 34.8 Å². The number of hydrogen-bond acceptors (Lipinski definition) is 9. The predicted octanol–water partition coefficient (Wildman–Crippen LogP) is 4.74. The molecule has 0 bridgehead atoms. The van der Waals surface area contributed by atoms with E-state index >= 15 is 0 Å². The van der Waals surface area contributed by atoms with E-state index in [4.69, 9.17) is 14.4 Å². The van der Waals surface area contributed by atoms with Gasteiger partial charge in [-0.05, 0) is 24.1 Å². The first kappa shape index (κ1) is 25.9. The smallest absolute Gasteiger partial charge is 0.243 e. The number of amides is 1. The van der Waals surface area contributed by atoms with E-state index in [1.54, 1.807) is 41.8 Å². The van der Waals surface area contributed by atoms with Crippen molar-refractivity contribution in [2.24, 2.45) is 0 Å². The fraction of sp³-hybridized carbons (Fsp3) is 0.417. The molecule has 0 unspecified atom stereocenters. The van der Waals surface area contributed by atoms with E-state index in [0.717, 1.165) is 20.5 Å². The largest absolute Gasteiger partial charge is 0.494 e. The van der Waals surface area contributed by atoms with Gasteiger partial charge in [-0.3, -0.25) is 14.8 Å². The number of ketones is 1. The summed E-state index contributed by atoms with van der Waals surface area (Å²) in [4.78, 5) is 32.2. The van der Waals surface area contributed by atoms with Crippen molar-refractivity contribution in [2.75, 3.05) is 6.61 Å². The normalized spacial score (nSPS) is 11.4. The van der Waals surface area contributed by atoms with E-state index < -0.39 is 5.91 Å². The number of carbonyl (C=O) groups is 2. The molecule has 10 heteroatoms. The van der Waals surface area contributed by atoms with Gasteiger partial charge in [-0.25, -0.2) is 15.4 Å². The van der Waals surface area contributed by atoms with E-state index in [1.807, 2.05) is 12.1 Å². The van der Waals surface area contributed by atoms with Gasteiger partial charge < -0.3 is 9.15 Å².